The highest BCUT2D eigenvalue weighted by Crippen LogP contribution is 1.77. The summed E-state index contributed by atoms with van der Waals surface area (Å²) >= 11 is 0. The molecule has 0 radical (unpaired) electrons. The Morgan fingerprint density at radius 3 is 2.29 bits per heavy atom. The van der Waals surface area contributed by atoms with Gasteiger partial charge in [-0.25, -0.2) is 0 Å². The predicted molar refractivity (Wildman–Crippen MR) is 28.8 cm³/mol. The van der Waals surface area contributed by atoms with E-state index in [1.807, 2.05) is 0 Å². The quantitative estimate of drug-likeness (QED) is 0.405. The van der Waals surface area contributed by atoms with Crippen LogP contribution in [-0.4, -0.2) is 18.2 Å². The van der Waals surface area contributed by atoms with Gasteiger partial charge in [0.25, 0.3) is 0 Å². The van der Waals surface area contributed by atoms with E-state index in [1.54, 1.807) is 0 Å². The van der Waals surface area contributed by atoms with Crippen molar-refractivity contribution in [3.05, 3.63) is 11.8 Å². The van der Waals surface area contributed by atoms with Crippen LogP contribution in [0, 0.1) is 0 Å². The first-order valence-electron chi connectivity index (χ1n) is 2.09. The van der Waals surface area contributed by atoms with Crippen LogP contribution in [0.25, 0.3) is 0 Å². The van der Waals surface area contributed by atoms with Crippen LogP contribution in [0.2, 0.25) is 0 Å². The largest absolute Gasteiger partial charge is 0.511 e. The Morgan fingerprint density at radius 1 is 1.57 bits per heavy atom. The Labute approximate surface area is 42.6 Å². The fourth-order valence-electron chi connectivity index (χ4n) is 0.219. The molecule has 0 unspecified atom stereocenters. The SMILES string of the molecule is NC/C=C(\O)CN. The van der Waals surface area contributed by atoms with Crippen molar-refractivity contribution >= 4 is 0 Å². The predicted octanol–water partition coefficient (Wildman–Crippen LogP) is -0.654. The van der Waals surface area contributed by atoms with E-state index in [-0.39, 0.29) is 12.3 Å². The van der Waals surface area contributed by atoms with E-state index in [1.165, 1.54) is 6.08 Å². The highest BCUT2D eigenvalue weighted by atomic mass is 16.3. The van der Waals surface area contributed by atoms with Crippen LogP contribution in [0.5, 0.6) is 0 Å². The lowest BCUT2D eigenvalue weighted by Gasteiger charge is -1.88. The number of aliphatic hydroxyl groups excluding tert-OH is 1. The van der Waals surface area contributed by atoms with Crippen molar-refractivity contribution < 1.29 is 5.11 Å². The first kappa shape index (κ1) is 6.46. The van der Waals surface area contributed by atoms with Crippen molar-refractivity contribution in [2.24, 2.45) is 11.5 Å². The second kappa shape index (κ2) is 3.64. The van der Waals surface area contributed by atoms with Crippen LogP contribution in [0.15, 0.2) is 11.8 Å². The summed E-state index contributed by atoms with van der Waals surface area (Å²) < 4.78 is 0. The van der Waals surface area contributed by atoms with E-state index in [9.17, 15) is 0 Å². The smallest absolute Gasteiger partial charge is 0.103 e. The van der Waals surface area contributed by atoms with Crippen LogP contribution in [0.4, 0.5) is 0 Å². The molecule has 0 aliphatic carbocycles. The fraction of sp³-hybridized carbons (Fsp3) is 0.500. The zero-order valence-corrected chi connectivity index (χ0v) is 4.09. The first-order valence-corrected chi connectivity index (χ1v) is 2.09. The second-order valence-electron chi connectivity index (χ2n) is 1.14. The minimum atomic E-state index is 0.155. The highest BCUT2D eigenvalue weighted by Gasteiger charge is 1.80. The molecule has 0 spiro atoms. The minimum Gasteiger partial charge on any atom is -0.511 e. The normalized spacial score (nSPS) is 12.0. The van der Waals surface area contributed by atoms with Gasteiger partial charge < -0.3 is 16.6 Å². The Bertz CT molecular complexity index is 70.1. The van der Waals surface area contributed by atoms with Crippen LogP contribution in [-0.2, 0) is 0 Å². The maximum Gasteiger partial charge on any atom is 0.103 e. The molecule has 7 heavy (non-hydrogen) atoms. The molecule has 0 atom stereocenters. The van der Waals surface area contributed by atoms with Gasteiger partial charge in [-0.3, -0.25) is 0 Å². The molecule has 0 rings (SSSR count). The summed E-state index contributed by atoms with van der Waals surface area (Å²) in [5.74, 6) is 0.155. The molecule has 0 aromatic rings. The van der Waals surface area contributed by atoms with Crippen molar-refractivity contribution in [1.82, 2.24) is 0 Å². The average molecular weight is 102 g/mol. The first-order chi connectivity index (χ1) is 3.31. The molecule has 0 saturated carbocycles. The maximum atomic E-state index is 8.51. The van der Waals surface area contributed by atoms with Gasteiger partial charge in [-0.1, -0.05) is 0 Å². The Hall–Kier alpha value is -0.540. The lowest BCUT2D eigenvalue weighted by Crippen LogP contribution is -2.04. The van der Waals surface area contributed by atoms with E-state index < -0.39 is 0 Å². The zero-order chi connectivity index (χ0) is 5.70. The second-order valence-corrected chi connectivity index (χ2v) is 1.14. The van der Waals surface area contributed by atoms with E-state index in [2.05, 4.69) is 0 Å². The number of rotatable bonds is 2. The van der Waals surface area contributed by atoms with E-state index in [0.717, 1.165) is 0 Å². The third-order valence-electron chi connectivity index (χ3n) is 0.563. The van der Waals surface area contributed by atoms with Gasteiger partial charge in [0.2, 0.25) is 0 Å². The van der Waals surface area contributed by atoms with Gasteiger partial charge in [0.1, 0.15) is 5.76 Å². The molecule has 0 heterocycles. The fourth-order valence-corrected chi connectivity index (χ4v) is 0.219. The summed E-state index contributed by atoms with van der Waals surface area (Å²) in [4.78, 5) is 0. The topological polar surface area (TPSA) is 72.3 Å². The van der Waals surface area contributed by atoms with Gasteiger partial charge in [0.05, 0.1) is 6.54 Å². The summed E-state index contributed by atoms with van der Waals surface area (Å²) in [5.41, 5.74) is 10.00. The van der Waals surface area contributed by atoms with Gasteiger partial charge in [-0.2, -0.15) is 0 Å². The summed E-state index contributed by atoms with van der Waals surface area (Å²) in [7, 11) is 0. The molecule has 0 amide bonds. The Morgan fingerprint density at radius 2 is 2.14 bits per heavy atom. The van der Waals surface area contributed by atoms with Crippen LogP contribution < -0.4 is 11.5 Å². The summed E-state index contributed by atoms with van der Waals surface area (Å²) in [6.45, 7) is 0.528. The summed E-state index contributed by atoms with van der Waals surface area (Å²) in [6, 6.07) is 0. The molecule has 0 aliphatic rings. The van der Waals surface area contributed by atoms with E-state index >= 15 is 0 Å². The molecule has 0 aromatic heterocycles. The van der Waals surface area contributed by atoms with Gasteiger partial charge >= 0.3 is 0 Å². The van der Waals surface area contributed by atoms with E-state index in [0.29, 0.717) is 6.54 Å². The van der Waals surface area contributed by atoms with Crippen molar-refractivity contribution in [2.75, 3.05) is 13.1 Å². The summed E-state index contributed by atoms with van der Waals surface area (Å²) in [5, 5.41) is 8.51. The zero-order valence-electron chi connectivity index (χ0n) is 4.09. The van der Waals surface area contributed by atoms with Crippen molar-refractivity contribution in [1.29, 1.82) is 0 Å². The third-order valence-corrected chi connectivity index (χ3v) is 0.563. The number of nitrogens with two attached hydrogens (primary N) is 2. The third kappa shape index (κ3) is 3.29. The van der Waals surface area contributed by atoms with Crippen LogP contribution in [0.3, 0.4) is 0 Å². The Balaban J connectivity index is 3.29. The van der Waals surface area contributed by atoms with Crippen LogP contribution >= 0.6 is 0 Å². The monoisotopic (exact) mass is 102 g/mol. The van der Waals surface area contributed by atoms with Gasteiger partial charge in [0.15, 0.2) is 0 Å². The Kier molecular flexibility index (Phi) is 3.36. The molecule has 0 aliphatic heterocycles. The van der Waals surface area contributed by atoms with Crippen molar-refractivity contribution in [3.63, 3.8) is 0 Å². The van der Waals surface area contributed by atoms with Gasteiger partial charge in [-0.05, 0) is 6.08 Å². The summed E-state index contributed by atoms with van der Waals surface area (Å²) in [6.07, 6.45) is 1.47. The van der Waals surface area contributed by atoms with Gasteiger partial charge in [0, 0.05) is 6.54 Å². The standard InChI is InChI=1S/C4H10N2O/c5-2-1-4(7)3-6/h1,7H,2-3,5-6H2/b4-1-. The maximum absolute atomic E-state index is 8.51. The molecule has 42 valence electrons. The average Bonchev–Trinajstić information content (AvgIpc) is 1.68. The van der Waals surface area contributed by atoms with Crippen molar-refractivity contribution in [2.45, 2.75) is 0 Å². The lowest BCUT2D eigenvalue weighted by molar-refractivity contribution is 0.402. The molecule has 0 bridgehead atoms. The molecule has 5 N–H and O–H groups in total. The minimum absolute atomic E-state index is 0.155. The number of hydrogen-bond acceptors (Lipinski definition) is 3. The molecule has 3 heteroatoms. The molecule has 0 aromatic carbocycles. The van der Waals surface area contributed by atoms with Crippen LogP contribution in [0.1, 0.15) is 0 Å². The van der Waals surface area contributed by atoms with Crippen molar-refractivity contribution in [3.8, 4) is 0 Å². The molecule has 0 fully saturated rings. The lowest BCUT2D eigenvalue weighted by atomic mass is 10.4. The number of aliphatic hydroxyl groups is 1. The number of hydrogen-bond donors (Lipinski definition) is 3. The van der Waals surface area contributed by atoms with Gasteiger partial charge in [-0.15, -0.1) is 0 Å². The molecule has 0 saturated heterocycles. The molecular formula is C4H10N2O. The van der Waals surface area contributed by atoms with E-state index in [4.69, 9.17) is 16.6 Å². The molecule has 3 nitrogen and oxygen atoms in total. The highest BCUT2D eigenvalue weighted by molar-refractivity contribution is 4.92. The molecular weight excluding hydrogens is 92.1 g/mol.